The Balaban J connectivity index is 2.15. The molecular weight excluding hydrogens is 263 g/mol. The van der Waals surface area contributed by atoms with Gasteiger partial charge in [0.2, 0.25) is 0 Å². The molecule has 0 bridgehead atoms. The molecule has 1 saturated heterocycles. The predicted octanol–water partition coefficient (Wildman–Crippen LogP) is 0.675. The van der Waals surface area contributed by atoms with Gasteiger partial charge in [-0.25, -0.2) is 9.97 Å². The molecule has 0 radical (unpaired) electrons. The van der Waals surface area contributed by atoms with Gasteiger partial charge in [0.15, 0.2) is 0 Å². The first-order chi connectivity index (χ1) is 8.91. The monoisotopic (exact) mass is 277 g/mol. The minimum Gasteiger partial charge on any atom is -0.396 e. The van der Waals surface area contributed by atoms with Crippen LogP contribution < -0.4 is 4.90 Å². The van der Waals surface area contributed by atoms with Gasteiger partial charge in [-0.05, 0) is 6.42 Å². The van der Waals surface area contributed by atoms with Gasteiger partial charge < -0.3 is 15.1 Å². The number of aromatic nitrogens is 2. The van der Waals surface area contributed by atoms with Gasteiger partial charge >= 0.3 is 6.18 Å². The van der Waals surface area contributed by atoms with Crippen LogP contribution in [0.3, 0.4) is 0 Å². The Morgan fingerprint density at radius 2 is 2.11 bits per heavy atom. The average molecular weight is 277 g/mol. The summed E-state index contributed by atoms with van der Waals surface area (Å²) in [5.41, 5.74) is -1.00. The summed E-state index contributed by atoms with van der Waals surface area (Å²) in [6, 6.07) is 0.867. The van der Waals surface area contributed by atoms with Gasteiger partial charge in [0, 0.05) is 31.7 Å². The molecule has 5 nitrogen and oxygen atoms in total. The fourth-order valence-electron chi connectivity index (χ4n) is 2.08. The SMILES string of the molecule is OC[C@H]1CCN(c2cc(C(F)(F)F)ncn2)C[C@H]1O. The molecule has 1 aliphatic rings. The van der Waals surface area contributed by atoms with Crippen molar-refractivity contribution >= 4 is 5.82 Å². The largest absolute Gasteiger partial charge is 0.433 e. The quantitative estimate of drug-likeness (QED) is 0.831. The molecule has 0 aromatic carbocycles. The van der Waals surface area contributed by atoms with E-state index in [0.29, 0.717) is 13.0 Å². The predicted molar refractivity (Wildman–Crippen MR) is 60.4 cm³/mol. The maximum Gasteiger partial charge on any atom is 0.433 e. The van der Waals surface area contributed by atoms with E-state index >= 15 is 0 Å². The van der Waals surface area contributed by atoms with E-state index < -0.39 is 18.0 Å². The minimum absolute atomic E-state index is 0.132. The minimum atomic E-state index is -4.51. The van der Waals surface area contributed by atoms with Gasteiger partial charge in [0.1, 0.15) is 17.8 Å². The van der Waals surface area contributed by atoms with Crippen molar-refractivity contribution in [1.82, 2.24) is 9.97 Å². The van der Waals surface area contributed by atoms with E-state index in [0.717, 1.165) is 12.4 Å². The van der Waals surface area contributed by atoms with Crippen LogP contribution in [-0.4, -0.2) is 46.0 Å². The van der Waals surface area contributed by atoms with Crippen LogP contribution >= 0.6 is 0 Å². The van der Waals surface area contributed by atoms with Crippen molar-refractivity contribution in [2.75, 3.05) is 24.6 Å². The van der Waals surface area contributed by atoms with Crippen LogP contribution in [-0.2, 0) is 6.18 Å². The average Bonchev–Trinajstić information content (AvgIpc) is 2.38. The second-order valence-corrected chi connectivity index (χ2v) is 4.50. The summed E-state index contributed by atoms with van der Waals surface area (Å²) in [4.78, 5) is 8.56. The van der Waals surface area contributed by atoms with Crippen LogP contribution in [0.4, 0.5) is 19.0 Å². The van der Waals surface area contributed by atoms with Crippen LogP contribution in [0.15, 0.2) is 12.4 Å². The van der Waals surface area contributed by atoms with Crippen LogP contribution in [0.1, 0.15) is 12.1 Å². The molecule has 2 atom stereocenters. The van der Waals surface area contributed by atoms with Crippen LogP contribution in [0.5, 0.6) is 0 Å². The van der Waals surface area contributed by atoms with Gasteiger partial charge in [-0.15, -0.1) is 0 Å². The molecule has 0 unspecified atom stereocenters. The first-order valence-electron chi connectivity index (χ1n) is 5.85. The van der Waals surface area contributed by atoms with E-state index in [4.69, 9.17) is 5.11 Å². The highest BCUT2D eigenvalue weighted by atomic mass is 19.4. The number of alkyl halides is 3. The van der Waals surface area contributed by atoms with Gasteiger partial charge in [0.05, 0.1) is 6.10 Å². The van der Waals surface area contributed by atoms with Crippen molar-refractivity contribution in [1.29, 1.82) is 0 Å². The zero-order chi connectivity index (χ0) is 14.0. The highest BCUT2D eigenvalue weighted by molar-refractivity contribution is 5.40. The molecule has 1 aromatic heterocycles. The summed E-state index contributed by atoms with van der Waals surface area (Å²) in [5.74, 6) is -0.0991. The molecule has 19 heavy (non-hydrogen) atoms. The standard InChI is InChI=1S/C11H14F3N3O2/c12-11(13,14)9-3-10(16-6-15-9)17-2-1-7(5-18)8(19)4-17/h3,6-8,18-19H,1-2,4-5H2/t7-,8-/m1/s1. The van der Waals surface area contributed by atoms with Gasteiger partial charge in [-0.1, -0.05) is 0 Å². The van der Waals surface area contributed by atoms with E-state index in [-0.39, 0.29) is 24.9 Å². The van der Waals surface area contributed by atoms with Crippen LogP contribution in [0, 0.1) is 5.92 Å². The van der Waals surface area contributed by atoms with Crippen molar-refractivity contribution < 1.29 is 23.4 Å². The molecule has 0 amide bonds. The number of rotatable bonds is 2. The maximum absolute atomic E-state index is 12.5. The number of hydrogen-bond acceptors (Lipinski definition) is 5. The Morgan fingerprint density at radius 1 is 1.37 bits per heavy atom. The Labute approximate surface area is 107 Å². The summed E-state index contributed by atoms with van der Waals surface area (Å²) in [7, 11) is 0. The summed E-state index contributed by atoms with van der Waals surface area (Å²) in [6.45, 7) is 0.461. The molecule has 0 saturated carbocycles. The lowest BCUT2D eigenvalue weighted by atomic mass is 9.95. The highest BCUT2D eigenvalue weighted by Gasteiger charge is 2.34. The Bertz CT molecular complexity index is 441. The number of halogens is 3. The Hall–Kier alpha value is -1.41. The highest BCUT2D eigenvalue weighted by Crippen LogP contribution is 2.30. The molecular formula is C11H14F3N3O2. The number of aliphatic hydroxyl groups is 2. The summed E-state index contributed by atoms with van der Waals surface area (Å²) in [6.07, 6.45) is -3.92. The van der Waals surface area contributed by atoms with E-state index in [2.05, 4.69) is 9.97 Å². The number of piperidine rings is 1. The van der Waals surface area contributed by atoms with Crippen molar-refractivity contribution in [2.45, 2.75) is 18.7 Å². The maximum atomic E-state index is 12.5. The fraction of sp³-hybridized carbons (Fsp3) is 0.636. The van der Waals surface area contributed by atoms with E-state index in [1.807, 2.05) is 0 Å². The zero-order valence-corrected chi connectivity index (χ0v) is 10.0. The van der Waals surface area contributed by atoms with Gasteiger partial charge in [0.25, 0.3) is 0 Å². The lowest BCUT2D eigenvalue weighted by Gasteiger charge is -2.35. The number of β-amino-alcohol motifs (C(OH)–C–C–N with tert-alkyl or cyclic N) is 1. The van der Waals surface area contributed by atoms with E-state index in [9.17, 15) is 18.3 Å². The molecule has 1 aliphatic heterocycles. The number of nitrogens with zero attached hydrogens (tertiary/aromatic N) is 3. The van der Waals surface area contributed by atoms with Gasteiger partial charge in [-0.3, -0.25) is 0 Å². The molecule has 8 heteroatoms. The topological polar surface area (TPSA) is 69.5 Å². The van der Waals surface area contributed by atoms with Crippen LogP contribution in [0.2, 0.25) is 0 Å². The number of anilines is 1. The smallest absolute Gasteiger partial charge is 0.396 e. The molecule has 0 aliphatic carbocycles. The normalized spacial score (nSPS) is 24.6. The van der Waals surface area contributed by atoms with Crippen molar-refractivity contribution in [2.24, 2.45) is 5.92 Å². The van der Waals surface area contributed by atoms with Gasteiger partial charge in [-0.2, -0.15) is 13.2 Å². The summed E-state index contributed by atoms with van der Waals surface area (Å²) >= 11 is 0. The third-order valence-corrected chi connectivity index (χ3v) is 3.22. The third kappa shape index (κ3) is 3.13. The first-order valence-corrected chi connectivity index (χ1v) is 5.85. The first kappa shape index (κ1) is 14.0. The lowest BCUT2D eigenvalue weighted by molar-refractivity contribution is -0.141. The van der Waals surface area contributed by atoms with Crippen molar-refractivity contribution in [3.05, 3.63) is 18.1 Å². The fourth-order valence-corrected chi connectivity index (χ4v) is 2.08. The summed E-state index contributed by atoms with van der Waals surface area (Å²) < 4.78 is 37.6. The summed E-state index contributed by atoms with van der Waals surface area (Å²) in [5, 5.41) is 18.8. The van der Waals surface area contributed by atoms with E-state index in [1.54, 1.807) is 4.90 Å². The third-order valence-electron chi connectivity index (χ3n) is 3.22. The van der Waals surface area contributed by atoms with Crippen molar-refractivity contribution in [3.8, 4) is 0 Å². The molecule has 2 rings (SSSR count). The number of hydrogen-bond donors (Lipinski definition) is 2. The molecule has 1 aromatic rings. The zero-order valence-electron chi connectivity index (χ0n) is 10.0. The number of aliphatic hydroxyl groups excluding tert-OH is 2. The second-order valence-electron chi connectivity index (χ2n) is 4.50. The Morgan fingerprint density at radius 3 is 2.68 bits per heavy atom. The van der Waals surface area contributed by atoms with Crippen LogP contribution in [0.25, 0.3) is 0 Å². The Kier molecular flexibility index (Phi) is 3.91. The van der Waals surface area contributed by atoms with E-state index in [1.165, 1.54) is 0 Å². The molecule has 106 valence electrons. The van der Waals surface area contributed by atoms with Crippen molar-refractivity contribution in [3.63, 3.8) is 0 Å². The molecule has 2 N–H and O–H groups in total. The molecule has 1 fully saturated rings. The lowest BCUT2D eigenvalue weighted by Crippen LogP contribution is -2.45. The molecule has 2 heterocycles. The second kappa shape index (κ2) is 5.30. The molecule has 0 spiro atoms.